The second kappa shape index (κ2) is 7.78. The van der Waals surface area contributed by atoms with Crippen molar-refractivity contribution in [2.75, 3.05) is 20.2 Å². The molecule has 10 heteroatoms. The summed E-state index contributed by atoms with van der Waals surface area (Å²) in [5.41, 5.74) is -0.241. The number of sulfonamides is 1. The van der Waals surface area contributed by atoms with Crippen LogP contribution in [0.2, 0.25) is 0 Å². The standard InChI is InChI=1S/C12H20N4O5S/c1-4-6-7-13-12(18)16(3)22(19,20)10-9(8-14-15-10)11(17)21-5-2/h8H,4-7H2,1-3H3,(H,13,18)(H,14,15). The minimum Gasteiger partial charge on any atom is -0.462 e. The van der Waals surface area contributed by atoms with Gasteiger partial charge in [-0.15, -0.1) is 0 Å². The second-order valence-corrected chi connectivity index (χ2v) is 6.30. The lowest BCUT2D eigenvalue weighted by molar-refractivity contribution is 0.0521. The third-order valence-electron chi connectivity index (χ3n) is 2.81. The number of carbonyl (C=O) groups is 2. The Hall–Kier alpha value is -2.10. The van der Waals surface area contributed by atoms with Crippen molar-refractivity contribution in [2.45, 2.75) is 31.7 Å². The van der Waals surface area contributed by atoms with Crippen LogP contribution in [0.25, 0.3) is 0 Å². The van der Waals surface area contributed by atoms with Gasteiger partial charge in [-0.25, -0.2) is 13.9 Å². The van der Waals surface area contributed by atoms with E-state index >= 15 is 0 Å². The molecule has 1 heterocycles. The van der Waals surface area contributed by atoms with Gasteiger partial charge in [0.25, 0.3) is 10.0 Å². The number of ether oxygens (including phenoxy) is 1. The van der Waals surface area contributed by atoms with Gasteiger partial charge in [-0.1, -0.05) is 13.3 Å². The summed E-state index contributed by atoms with van der Waals surface area (Å²) in [4.78, 5) is 23.6. The number of urea groups is 1. The van der Waals surface area contributed by atoms with Crippen LogP contribution >= 0.6 is 0 Å². The topological polar surface area (TPSA) is 121 Å². The molecule has 0 bridgehead atoms. The van der Waals surface area contributed by atoms with Crippen LogP contribution in [0.15, 0.2) is 11.2 Å². The van der Waals surface area contributed by atoms with Crippen LogP contribution in [-0.4, -0.2) is 55.1 Å². The van der Waals surface area contributed by atoms with E-state index in [1.54, 1.807) is 6.92 Å². The lowest BCUT2D eigenvalue weighted by atomic mass is 10.3. The van der Waals surface area contributed by atoms with Crippen molar-refractivity contribution in [1.29, 1.82) is 0 Å². The Morgan fingerprint density at radius 2 is 2.09 bits per heavy atom. The monoisotopic (exact) mass is 332 g/mol. The number of nitrogens with one attached hydrogen (secondary N) is 2. The molecule has 0 aliphatic carbocycles. The third-order valence-corrected chi connectivity index (χ3v) is 4.52. The molecule has 0 aliphatic heterocycles. The SMILES string of the molecule is CCCCNC(=O)N(C)S(=O)(=O)c1[nH]ncc1C(=O)OCC. The first-order chi connectivity index (χ1) is 10.4. The number of hydrogen-bond acceptors (Lipinski definition) is 6. The molecule has 0 saturated carbocycles. The highest BCUT2D eigenvalue weighted by atomic mass is 32.2. The van der Waals surface area contributed by atoms with Gasteiger partial charge in [0.2, 0.25) is 0 Å². The largest absolute Gasteiger partial charge is 0.462 e. The number of nitrogens with zero attached hydrogens (tertiary/aromatic N) is 2. The molecule has 0 spiro atoms. The number of hydrogen-bond donors (Lipinski definition) is 2. The van der Waals surface area contributed by atoms with E-state index < -0.39 is 27.0 Å². The van der Waals surface area contributed by atoms with Crippen LogP contribution in [-0.2, 0) is 14.8 Å². The predicted molar refractivity (Wildman–Crippen MR) is 77.8 cm³/mol. The van der Waals surface area contributed by atoms with Gasteiger partial charge in [0.15, 0.2) is 5.03 Å². The highest BCUT2D eigenvalue weighted by molar-refractivity contribution is 7.89. The molecule has 22 heavy (non-hydrogen) atoms. The van der Waals surface area contributed by atoms with Crippen LogP contribution in [0.1, 0.15) is 37.0 Å². The normalized spacial score (nSPS) is 11.0. The fraction of sp³-hybridized carbons (Fsp3) is 0.583. The van der Waals surface area contributed by atoms with E-state index in [0.717, 1.165) is 26.1 Å². The lowest BCUT2D eigenvalue weighted by Gasteiger charge is -2.17. The van der Waals surface area contributed by atoms with Crippen molar-refractivity contribution < 1.29 is 22.7 Å². The van der Waals surface area contributed by atoms with E-state index in [1.165, 1.54) is 0 Å². The molecule has 1 rings (SSSR count). The number of amides is 2. The molecule has 124 valence electrons. The Morgan fingerprint density at radius 1 is 1.41 bits per heavy atom. The van der Waals surface area contributed by atoms with Crippen molar-refractivity contribution in [2.24, 2.45) is 0 Å². The minimum atomic E-state index is -4.22. The number of rotatable bonds is 7. The summed E-state index contributed by atoms with van der Waals surface area (Å²) in [7, 11) is -3.12. The van der Waals surface area contributed by atoms with E-state index in [4.69, 9.17) is 4.74 Å². The summed E-state index contributed by atoms with van der Waals surface area (Å²) >= 11 is 0. The zero-order chi connectivity index (χ0) is 16.8. The first-order valence-electron chi connectivity index (χ1n) is 6.83. The molecule has 0 fully saturated rings. The Kier molecular flexibility index (Phi) is 6.35. The van der Waals surface area contributed by atoms with Gasteiger partial charge >= 0.3 is 12.0 Å². The number of aromatic nitrogens is 2. The summed E-state index contributed by atoms with van der Waals surface area (Å²) in [6.45, 7) is 4.00. The van der Waals surface area contributed by atoms with Crippen molar-refractivity contribution in [3.8, 4) is 0 Å². The summed E-state index contributed by atoms with van der Waals surface area (Å²) in [6.07, 6.45) is 2.65. The van der Waals surface area contributed by atoms with E-state index in [9.17, 15) is 18.0 Å². The maximum Gasteiger partial charge on any atom is 0.342 e. The summed E-state index contributed by atoms with van der Waals surface area (Å²) in [5.74, 6) is -0.824. The Balaban J connectivity index is 2.97. The molecule has 0 unspecified atom stereocenters. The van der Waals surface area contributed by atoms with E-state index in [-0.39, 0.29) is 12.2 Å². The second-order valence-electron chi connectivity index (χ2n) is 4.39. The summed E-state index contributed by atoms with van der Waals surface area (Å²) in [5, 5.41) is 7.78. The number of H-pyrrole nitrogens is 1. The van der Waals surface area contributed by atoms with Gasteiger partial charge in [-0.2, -0.15) is 13.5 Å². The number of unbranched alkanes of at least 4 members (excludes halogenated alkanes) is 1. The maximum atomic E-state index is 12.4. The minimum absolute atomic E-state index is 0.0941. The summed E-state index contributed by atoms with van der Waals surface area (Å²) < 4.78 is 30.1. The molecule has 1 aromatic heterocycles. The first kappa shape index (κ1) is 18.0. The lowest BCUT2D eigenvalue weighted by Crippen LogP contribution is -2.41. The molecule has 0 aromatic carbocycles. The highest BCUT2D eigenvalue weighted by Crippen LogP contribution is 2.17. The number of carbonyl (C=O) groups excluding carboxylic acids is 2. The van der Waals surface area contributed by atoms with Crippen LogP contribution < -0.4 is 5.32 Å². The van der Waals surface area contributed by atoms with Crippen molar-refractivity contribution >= 4 is 22.0 Å². The number of aromatic amines is 1. The van der Waals surface area contributed by atoms with Crippen molar-refractivity contribution in [3.05, 3.63) is 11.8 Å². The average Bonchev–Trinajstić information content (AvgIpc) is 2.97. The molecular formula is C12H20N4O5S. The van der Waals surface area contributed by atoms with Gasteiger partial charge in [0.1, 0.15) is 5.56 Å². The third kappa shape index (κ3) is 3.97. The van der Waals surface area contributed by atoms with Gasteiger partial charge in [0, 0.05) is 13.6 Å². The van der Waals surface area contributed by atoms with Crippen LogP contribution in [0.5, 0.6) is 0 Å². The zero-order valence-electron chi connectivity index (χ0n) is 12.7. The molecule has 0 radical (unpaired) electrons. The van der Waals surface area contributed by atoms with E-state index in [2.05, 4.69) is 15.5 Å². The zero-order valence-corrected chi connectivity index (χ0v) is 13.6. The Bertz CT molecular complexity index is 625. The molecule has 9 nitrogen and oxygen atoms in total. The van der Waals surface area contributed by atoms with Gasteiger partial charge in [-0.05, 0) is 13.3 Å². The quantitative estimate of drug-likeness (QED) is 0.560. The van der Waals surface area contributed by atoms with Crippen LogP contribution in [0.3, 0.4) is 0 Å². The van der Waals surface area contributed by atoms with Crippen molar-refractivity contribution in [1.82, 2.24) is 19.8 Å². The molecule has 1 aromatic rings. The van der Waals surface area contributed by atoms with Gasteiger partial charge in [-0.3, -0.25) is 5.10 Å². The molecule has 0 atom stereocenters. The predicted octanol–water partition coefficient (Wildman–Crippen LogP) is 0.717. The van der Waals surface area contributed by atoms with E-state index in [0.29, 0.717) is 10.8 Å². The highest BCUT2D eigenvalue weighted by Gasteiger charge is 2.32. The van der Waals surface area contributed by atoms with Gasteiger partial charge < -0.3 is 10.1 Å². The Labute approximate surface area is 129 Å². The fourth-order valence-corrected chi connectivity index (χ4v) is 2.69. The molecule has 0 aliphatic rings. The molecule has 2 N–H and O–H groups in total. The maximum absolute atomic E-state index is 12.4. The Morgan fingerprint density at radius 3 is 2.68 bits per heavy atom. The first-order valence-corrected chi connectivity index (χ1v) is 8.27. The fourth-order valence-electron chi connectivity index (χ4n) is 1.55. The van der Waals surface area contributed by atoms with E-state index in [1.807, 2.05) is 6.92 Å². The summed E-state index contributed by atoms with van der Waals surface area (Å²) in [6, 6.07) is -0.780. The molecule has 0 saturated heterocycles. The molecular weight excluding hydrogens is 312 g/mol. The molecule has 2 amide bonds. The number of esters is 1. The van der Waals surface area contributed by atoms with Gasteiger partial charge in [0.05, 0.1) is 12.8 Å². The van der Waals surface area contributed by atoms with Crippen molar-refractivity contribution in [3.63, 3.8) is 0 Å². The van der Waals surface area contributed by atoms with Crippen LogP contribution in [0.4, 0.5) is 4.79 Å². The van der Waals surface area contributed by atoms with Crippen LogP contribution in [0, 0.1) is 0 Å². The average molecular weight is 332 g/mol. The smallest absolute Gasteiger partial charge is 0.342 e.